The van der Waals surface area contributed by atoms with E-state index in [1.807, 2.05) is 20.8 Å². The Bertz CT molecular complexity index is 238. The van der Waals surface area contributed by atoms with Crippen LogP contribution in [0.25, 0.3) is 0 Å². The Morgan fingerprint density at radius 1 is 1.29 bits per heavy atom. The molecule has 4 nitrogen and oxygen atoms in total. The Morgan fingerprint density at radius 2 is 1.94 bits per heavy atom. The number of hydrogen-bond acceptors (Lipinski definition) is 3. The highest BCUT2D eigenvalue weighted by atomic mass is 127. The van der Waals surface area contributed by atoms with Gasteiger partial charge in [0, 0.05) is 13.0 Å². The Labute approximate surface area is 117 Å². The Morgan fingerprint density at radius 3 is 2.41 bits per heavy atom. The first-order valence-corrected chi connectivity index (χ1v) is 7.41. The summed E-state index contributed by atoms with van der Waals surface area (Å²) in [5, 5.41) is 0. The quantitative estimate of drug-likeness (QED) is 0.231. The lowest BCUT2D eigenvalue weighted by atomic mass is 10.2. The van der Waals surface area contributed by atoms with Crippen LogP contribution in [0.5, 0.6) is 0 Å². The number of halogens is 1. The monoisotopic (exact) mass is 355 g/mol. The minimum absolute atomic E-state index is 0.262. The maximum absolute atomic E-state index is 11.8. The summed E-state index contributed by atoms with van der Waals surface area (Å²) in [6.07, 6.45) is 4.06. The highest BCUT2D eigenvalue weighted by molar-refractivity contribution is 14.1. The van der Waals surface area contributed by atoms with Crippen LogP contribution in [0.2, 0.25) is 0 Å². The van der Waals surface area contributed by atoms with E-state index in [0.717, 1.165) is 25.5 Å². The third kappa shape index (κ3) is 9.38. The molecule has 0 aliphatic rings. The number of alkyl halides is 1. The van der Waals surface area contributed by atoms with Crippen molar-refractivity contribution in [3.05, 3.63) is 0 Å². The van der Waals surface area contributed by atoms with Gasteiger partial charge in [-0.1, -0.05) is 29.0 Å². The van der Waals surface area contributed by atoms with E-state index in [0.29, 0.717) is 17.5 Å². The second-order valence-corrected chi connectivity index (χ2v) is 5.56. The van der Waals surface area contributed by atoms with Gasteiger partial charge in [-0.3, -0.25) is 4.90 Å². The predicted molar refractivity (Wildman–Crippen MR) is 76.4 cm³/mol. The fraction of sp³-hybridized carbons (Fsp3) is 0.833. The molecule has 0 N–H and O–H groups in total. The molecule has 1 amide bonds. The molecule has 0 bridgehead atoms. The molecule has 0 aliphatic carbocycles. The first kappa shape index (κ1) is 16.7. The molecule has 0 aliphatic heterocycles. The molecular weight excluding hydrogens is 333 g/mol. The number of carbonyl (C=O) groups excluding carboxylic acids is 2. The van der Waals surface area contributed by atoms with Crippen LogP contribution in [-0.2, 0) is 9.53 Å². The predicted octanol–water partition coefficient (Wildman–Crippen LogP) is 3.38. The second kappa shape index (κ2) is 8.72. The number of hydrogen-bond donors (Lipinski definition) is 0. The summed E-state index contributed by atoms with van der Waals surface area (Å²) < 4.78 is 5.92. The van der Waals surface area contributed by atoms with Gasteiger partial charge >= 0.3 is 6.09 Å². The van der Waals surface area contributed by atoms with E-state index in [9.17, 15) is 9.59 Å². The number of unbranched alkanes of at least 4 members (excludes halogenated alkanes) is 3. The number of amides is 1. The first-order valence-electron chi connectivity index (χ1n) is 5.88. The van der Waals surface area contributed by atoms with Crippen LogP contribution in [0.1, 0.15) is 46.5 Å². The van der Waals surface area contributed by atoms with Crippen LogP contribution < -0.4 is 0 Å². The summed E-state index contributed by atoms with van der Waals surface area (Å²) in [6.45, 7) is 6.28. The zero-order chi connectivity index (χ0) is 13.3. The maximum atomic E-state index is 11.8. The second-order valence-electron chi connectivity index (χ2n) is 4.88. The summed E-state index contributed by atoms with van der Waals surface area (Å²) >= 11 is 2.15. The van der Waals surface area contributed by atoms with Crippen LogP contribution in [0.4, 0.5) is 4.79 Å². The van der Waals surface area contributed by atoms with E-state index in [-0.39, 0.29) is 6.09 Å². The molecule has 0 saturated heterocycles. The van der Waals surface area contributed by atoms with Crippen molar-refractivity contribution in [2.24, 2.45) is 0 Å². The van der Waals surface area contributed by atoms with E-state index in [1.54, 1.807) is 4.90 Å². The average Bonchev–Trinajstić information content (AvgIpc) is 2.20. The molecule has 0 saturated carbocycles. The van der Waals surface area contributed by atoms with Gasteiger partial charge in [0.15, 0.2) is 0 Å². The summed E-state index contributed by atoms with van der Waals surface area (Å²) in [5.41, 5.74) is -0.446. The van der Waals surface area contributed by atoms with Crippen LogP contribution in [0, 0.1) is 0 Å². The van der Waals surface area contributed by atoms with E-state index in [2.05, 4.69) is 22.6 Å². The smallest absolute Gasteiger partial charge is 0.410 e. The molecule has 0 unspecified atom stereocenters. The third-order valence-electron chi connectivity index (χ3n) is 2.05. The van der Waals surface area contributed by atoms with Gasteiger partial charge < -0.3 is 9.53 Å². The Hall–Kier alpha value is -0.330. The van der Waals surface area contributed by atoms with Crippen LogP contribution in [0.15, 0.2) is 0 Å². The minimum Gasteiger partial charge on any atom is -0.444 e. The lowest BCUT2D eigenvalue weighted by molar-refractivity contribution is -0.107. The lowest BCUT2D eigenvalue weighted by Gasteiger charge is -2.26. The standard InChI is InChI=1S/C12H22INO3/c1-12(2,3)17-11(16)14(10-13)8-6-4-5-7-9-15/h9H,4-8,10H2,1-3H3. The first-order chi connectivity index (χ1) is 7.90. The van der Waals surface area contributed by atoms with Crippen molar-refractivity contribution < 1.29 is 14.3 Å². The zero-order valence-electron chi connectivity index (χ0n) is 10.9. The highest BCUT2D eigenvalue weighted by Crippen LogP contribution is 2.12. The van der Waals surface area contributed by atoms with E-state index in [4.69, 9.17) is 4.74 Å². The molecule has 0 fully saturated rings. The van der Waals surface area contributed by atoms with Crippen LogP contribution in [-0.4, -0.2) is 34.0 Å². The Balaban J connectivity index is 3.89. The van der Waals surface area contributed by atoms with Crippen molar-refractivity contribution in [1.29, 1.82) is 0 Å². The molecular formula is C12H22INO3. The lowest BCUT2D eigenvalue weighted by Crippen LogP contribution is -2.36. The molecule has 0 spiro atoms. The van der Waals surface area contributed by atoms with E-state index >= 15 is 0 Å². The van der Waals surface area contributed by atoms with Crippen molar-refractivity contribution in [1.82, 2.24) is 4.90 Å². The molecule has 0 radical (unpaired) electrons. The molecule has 0 aromatic carbocycles. The number of ether oxygens (including phenoxy) is 1. The summed E-state index contributed by atoms with van der Waals surface area (Å²) in [6, 6.07) is 0. The topological polar surface area (TPSA) is 46.6 Å². The highest BCUT2D eigenvalue weighted by Gasteiger charge is 2.20. The van der Waals surface area contributed by atoms with Crippen molar-refractivity contribution in [2.75, 3.05) is 11.1 Å². The van der Waals surface area contributed by atoms with Gasteiger partial charge in [0.25, 0.3) is 0 Å². The van der Waals surface area contributed by atoms with Gasteiger partial charge in [0.2, 0.25) is 0 Å². The molecule has 0 atom stereocenters. The maximum Gasteiger partial charge on any atom is 0.410 e. The number of aldehydes is 1. The van der Waals surface area contributed by atoms with Gasteiger partial charge in [-0.25, -0.2) is 4.79 Å². The number of carbonyl (C=O) groups is 2. The molecule has 0 heterocycles. The molecule has 5 heteroatoms. The third-order valence-corrected chi connectivity index (χ3v) is 2.87. The largest absolute Gasteiger partial charge is 0.444 e. The van der Waals surface area contributed by atoms with Gasteiger partial charge in [-0.05, 0) is 33.6 Å². The fourth-order valence-corrected chi connectivity index (χ4v) is 1.85. The number of nitrogens with zero attached hydrogens (tertiary/aromatic N) is 1. The summed E-state index contributed by atoms with van der Waals surface area (Å²) in [4.78, 5) is 23.6. The van der Waals surface area contributed by atoms with Crippen LogP contribution >= 0.6 is 22.6 Å². The molecule has 0 rings (SSSR count). The van der Waals surface area contributed by atoms with E-state index in [1.165, 1.54) is 0 Å². The van der Waals surface area contributed by atoms with Crippen LogP contribution in [0.3, 0.4) is 0 Å². The fourth-order valence-electron chi connectivity index (χ4n) is 1.23. The SMILES string of the molecule is CC(C)(C)OC(=O)N(CI)CCCCCC=O. The Kier molecular flexibility index (Phi) is 8.55. The van der Waals surface area contributed by atoms with Gasteiger partial charge in [-0.2, -0.15) is 0 Å². The normalized spacial score (nSPS) is 11.1. The zero-order valence-corrected chi connectivity index (χ0v) is 13.0. The van der Waals surface area contributed by atoms with Crippen molar-refractivity contribution in [2.45, 2.75) is 52.1 Å². The summed E-state index contributed by atoms with van der Waals surface area (Å²) in [7, 11) is 0. The van der Waals surface area contributed by atoms with Gasteiger partial charge in [0.1, 0.15) is 11.9 Å². The van der Waals surface area contributed by atoms with E-state index < -0.39 is 5.60 Å². The number of rotatable bonds is 7. The molecule has 0 aromatic rings. The summed E-state index contributed by atoms with van der Waals surface area (Å²) in [5.74, 6) is 0. The minimum atomic E-state index is -0.446. The average molecular weight is 355 g/mol. The molecule has 0 aromatic heterocycles. The molecule has 100 valence electrons. The van der Waals surface area contributed by atoms with Crippen molar-refractivity contribution in [3.63, 3.8) is 0 Å². The molecule has 17 heavy (non-hydrogen) atoms. The van der Waals surface area contributed by atoms with Crippen molar-refractivity contribution in [3.8, 4) is 0 Å². The van der Waals surface area contributed by atoms with Crippen molar-refractivity contribution >= 4 is 35.0 Å². The van der Waals surface area contributed by atoms with Gasteiger partial charge in [0.05, 0.1) is 4.55 Å². The van der Waals surface area contributed by atoms with Gasteiger partial charge in [-0.15, -0.1) is 0 Å².